The molecule has 2 fully saturated rings. The lowest BCUT2D eigenvalue weighted by Gasteiger charge is -2.65. The van der Waals surface area contributed by atoms with E-state index in [0.717, 1.165) is 16.7 Å². The number of allylic oxidation sites excluding steroid dienone is 1. The number of hydrogen-bond donors (Lipinski definition) is 0. The highest BCUT2D eigenvalue weighted by Gasteiger charge is 2.78. The van der Waals surface area contributed by atoms with Crippen molar-refractivity contribution in [2.45, 2.75) is 24.2 Å². The molecular weight excluding hydrogens is 330 g/mol. The Morgan fingerprint density at radius 2 is 1.56 bits per heavy atom. The van der Waals surface area contributed by atoms with Crippen LogP contribution in [-0.2, 0) is 5.41 Å². The summed E-state index contributed by atoms with van der Waals surface area (Å²) in [5.41, 5.74) is 1.01. The molecule has 3 aliphatic rings. The summed E-state index contributed by atoms with van der Waals surface area (Å²) in [6, 6.07) is 25.5. The molecule has 0 saturated heterocycles. The lowest BCUT2D eigenvalue weighted by atomic mass is 9.35. The molecule has 5 rings (SSSR count). The number of nitrogens with zero attached hydrogens (tertiary/aromatic N) is 3. The van der Waals surface area contributed by atoms with Crippen LogP contribution in [0.15, 0.2) is 60.7 Å². The van der Waals surface area contributed by atoms with Crippen LogP contribution in [0.3, 0.4) is 0 Å². The Morgan fingerprint density at radius 3 is 2.26 bits per heavy atom. The lowest BCUT2D eigenvalue weighted by molar-refractivity contribution is -0.0134. The van der Waals surface area contributed by atoms with Crippen molar-refractivity contribution >= 4 is 6.08 Å². The molecule has 4 atom stereocenters. The van der Waals surface area contributed by atoms with Gasteiger partial charge in [-0.05, 0) is 35.4 Å². The SMILES string of the molecule is N#CC1(C#N)C[C@H]2[C@H](c3ccccc3)[C@]3(C#N)c4ccccc4C=C[C@]23C1. The quantitative estimate of drug-likeness (QED) is 0.750. The van der Waals surface area contributed by atoms with Gasteiger partial charge in [-0.1, -0.05) is 66.7 Å². The average Bonchev–Trinajstić information content (AvgIpc) is 3.00. The predicted molar refractivity (Wildman–Crippen MR) is 101 cm³/mol. The van der Waals surface area contributed by atoms with Crippen molar-refractivity contribution in [1.29, 1.82) is 15.8 Å². The zero-order valence-electron chi connectivity index (χ0n) is 14.8. The summed E-state index contributed by atoms with van der Waals surface area (Å²) in [4.78, 5) is 0. The van der Waals surface area contributed by atoms with E-state index in [1.165, 1.54) is 0 Å². The van der Waals surface area contributed by atoms with Crippen molar-refractivity contribution < 1.29 is 0 Å². The summed E-state index contributed by atoms with van der Waals surface area (Å²) >= 11 is 0. The molecule has 0 unspecified atom stereocenters. The molecule has 2 aromatic carbocycles. The van der Waals surface area contributed by atoms with E-state index in [0.29, 0.717) is 12.8 Å². The average molecular weight is 347 g/mol. The lowest BCUT2D eigenvalue weighted by Crippen LogP contribution is -2.64. The zero-order valence-corrected chi connectivity index (χ0v) is 14.8. The van der Waals surface area contributed by atoms with Crippen molar-refractivity contribution in [1.82, 2.24) is 0 Å². The Labute approximate surface area is 158 Å². The minimum absolute atomic E-state index is 0.0154. The smallest absolute Gasteiger partial charge is 0.145 e. The van der Waals surface area contributed by atoms with E-state index in [4.69, 9.17) is 0 Å². The Balaban J connectivity index is 1.80. The minimum Gasteiger partial charge on any atom is -0.197 e. The molecule has 3 heteroatoms. The zero-order chi connectivity index (χ0) is 18.7. The largest absolute Gasteiger partial charge is 0.197 e. The topological polar surface area (TPSA) is 71.4 Å². The van der Waals surface area contributed by atoms with Gasteiger partial charge in [-0.25, -0.2) is 0 Å². The summed E-state index contributed by atoms with van der Waals surface area (Å²) in [7, 11) is 0. The Kier molecular flexibility index (Phi) is 2.99. The van der Waals surface area contributed by atoms with Crippen LogP contribution in [0.1, 0.15) is 35.4 Å². The third kappa shape index (κ3) is 1.64. The maximum Gasteiger partial charge on any atom is 0.145 e. The van der Waals surface area contributed by atoms with Crippen LogP contribution in [0.2, 0.25) is 0 Å². The second kappa shape index (κ2) is 5.09. The van der Waals surface area contributed by atoms with Crippen LogP contribution in [0.5, 0.6) is 0 Å². The number of fused-ring (bicyclic) bond motifs is 2. The summed E-state index contributed by atoms with van der Waals surface area (Å²) in [5.74, 6) is 0.0989. The van der Waals surface area contributed by atoms with Crippen LogP contribution in [-0.4, -0.2) is 0 Å². The first-order chi connectivity index (χ1) is 13.2. The molecule has 2 saturated carbocycles. The van der Waals surface area contributed by atoms with Gasteiger partial charge in [0.2, 0.25) is 0 Å². The molecule has 0 aliphatic heterocycles. The Hall–Kier alpha value is -3.35. The van der Waals surface area contributed by atoms with Crippen molar-refractivity contribution in [3.05, 3.63) is 77.4 Å². The fourth-order valence-corrected chi connectivity index (χ4v) is 6.15. The first-order valence-corrected chi connectivity index (χ1v) is 9.24. The molecule has 0 aromatic heterocycles. The highest BCUT2D eigenvalue weighted by atomic mass is 14.8. The van der Waals surface area contributed by atoms with E-state index in [1.54, 1.807) is 0 Å². The van der Waals surface area contributed by atoms with E-state index in [1.807, 2.05) is 36.4 Å². The molecule has 3 nitrogen and oxygen atoms in total. The monoisotopic (exact) mass is 347 g/mol. The Bertz CT molecular complexity index is 1080. The van der Waals surface area contributed by atoms with E-state index in [2.05, 4.69) is 48.6 Å². The van der Waals surface area contributed by atoms with Crippen molar-refractivity contribution in [2.75, 3.05) is 0 Å². The van der Waals surface area contributed by atoms with Gasteiger partial charge in [-0.3, -0.25) is 0 Å². The second-order valence-electron chi connectivity index (χ2n) is 8.06. The molecule has 2 aromatic rings. The minimum atomic E-state index is -1.02. The molecule has 0 amide bonds. The third-order valence-electron chi connectivity index (χ3n) is 7.14. The van der Waals surface area contributed by atoms with Gasteiger partial charge in [-0.15, -0.1) is 0 Å². The van der Waals surface area contributed by atoms with Crippen LogP contribution in [0.25, 0.3) is 6.08 Å². The van der Waals surface area contributed by atoms with E-state index in [-0.39, 0.29) is 11.8 Å². The summed E-state index contributed by atoms with van der Waals surface area (Å²) < 4.78 is 0. The molecule has 0 radical (unpaired) electrons. The highest BCUT2D eigenvalue weighted by Crippen LogP contribution is 2.79. The molecule has 3 aliphatic carbocycles. The van der Waals surface area contributed by atoms with Crippen LogP contribution in [0, 0.1) is 50.7 Å². The van der Waals surface area contributed by atoms with Crippen molar-refractivity contribution in [3.63, 3.8) is 0 Å². The summed E-state index contributed by atoms with van der Waals surface area (Å²) in [5, 5.41) is 30.2. The molecule has 0 heterocycles. The van der Waals surface area contributed by atoms with Gasteiger partial charge in [0.1, 0.15) is 5.41 Å². The Morgan fingerprint density at radius 1 is 0.852 bits per heavy atom. The molecular formula is C24H17N3. The molecule has 0 bridgehead atoms. The molecule has 128 valence electrons. The standard InChI is InChI=1S/C24H17N3/c25-14-22(15-26)12-20-21(18-7-2-1-3-8-18)24(16-27)19-9-5-4-6-17(19)10-11-23(20,24)13-22/h1-11,20-21H,12-13H2/t20-,21-,23-,24-/m0/s1. The first-order valence-electron chi connectivity index (χ1n) is 9.24. The van der Waals surface area contributed by atoms with Crippen molar-refractivity contribution in [3.8, 4) is 18.2 Å². The fraction of sp³-hybridized carbons (Fsp3) is 0.292. The van der Waals surface area contributed by atoms with Gasteiger partial charge in [0.15, 0.2) is 0 Å². The third-order valence-corrected chi connectivity index (χ3v) is 7.14. The van der Waals surface area contributed by atoms with E-state index < -0.39 is 16.2 Å². The maximum absolute atomic E-state index is 10.6. The van der Waals surface area contributed by atoms with Gasteiger partial charge in [0.25, 0.3) is 0 Å². The summed E-state index contributed by atoms with van der Waals surface area (Å²) in [6.07, 6.45) is 5.18. The highest BCUT2D eigenvalue weighted by molar-refractivity contribution is 5.69. The van der Waals surface area contributed by atoms with E-state index in [9.17, 15) is 15.8 Å². The molecule has 1 spiro atoms. The number of benzene rings is 2. The molecule has 0 N–H and O–H groups in total. The maximum atomic E-state index is 10.6. The van der Waals surface area contributed by atoms with Gasteiger partial charge in [0.05, 0.1) is 23.6 Å². The van der Waals surface area contributed by atoms with Crippen LogP contribution < -0.4 is 0 Å². The number of rotatable bonds is 1. The van der Waals surface area contributed by atoms with Gasteiger partial charge < -0.3 is 0 Å². The first kappa shape index (κ1) is 15.9. The normalized spacial score (nSPS) is 34.0. The van der Waals surface area contributed by atoms with Gasteiger partial charge in [-0.2, -0.15) is 15.8 Å². The van der Waals surface area contributed by atoms with Crippen LogP contribution in [0.4, 0.5) is 0 Å². The van der Waals surface area contributed by atoms with Gasteiger partial charge >= 0.3 is 0 Å². The predicted octanol–water partition coefficient (Wildman–Crippen LogP) is 4.70. The number of nitriles is 3. The second-order valence-corrected chi connectivity index (χ2v) is 8.06. The van der Waals surface area contributed by atoms with Gasteiger partial charge in [0, 0.05) is 11.3 Å². The van der Waals surface area contributed by atoms with Crippen LogP contribution >= 0.6 is 0 Å². The van der Waals surface area contributed by atoms with Crippen molar-refractivity contribution in [2.24, 2.45) is 16.7 Å². The molecule has 27 heavy (non-hydrogen) atoms. The summed E-state index contributed by atoms with van der Waals surface area (Å²) in [6.45, 7) is 0. The fourth-order valence-electron chi connectivity index (χ4n) is 6.15. The van der Waals surface area contributed by atoms with E-state index >= 15 is 0 Å². The number of hydrogen-bond acceptors (Lipinski definition) is 3.